The molecule has 0 spiro atoms. The molecule has 0 heterocycles. The molecule has 0 fully saturated rings. The van der Waals surface area contributed by atoms with E-state index in [2.05, 4.69) is 0 Å². The van der Waals surface area contributed by atoms with E-state index in [1.165, 1.54) is 6.07 Å². The second-order valence-electron chi connectivity index (χ2n) is 5.27. The van der Waals surface area contributed by atoms with Crippen LogP contribution in [0.5, 0.6) is 5.75 Å². The van der Waals surface area contributed by atoms with E-state index in [0.717, 1.165) is 0 Å². The lowest BCUT2D eigenvalue weighted by Crippen LogP contribution is -2.35. The van der Waals surface area contributed by atoms with Gasteiger partial charge in [0.2, 0.25) is 12.0 Å². The van der Waals surface area contributed by atoms with Gasteiger partial charge in [0.1, 0.15) is 5.75 Å². The normalized spacial score (nSPS) is 12.9. The van der Waals surface area contributed by atoms with Gasteiger partial charge in [-0.3, -0.25) is 9.59 Å². The molecule has 3 nitrogen and oxygen atoms in total. The molecule has 0 aliphatic rings. The molecule has 0 saturated heterocycles. The monoisotopic (exact) mass is 266 g/mol. The van der Waals surface area contributed by atoms with Crippen molar-refractivity contribution in [1.82, 2.24) is 0 Å². The summed E-state index contributed by atoms with van der Waals surface area (Å²) in [5.74, 6) is -1.26. The van der Waals surface area contributed by atoms with Gasteiger partial charge in [-0.25, -0.2) is 4.39 Å². The summed E-state index contributed by atoms with van der Waals surface area (Å²) in [6.45, 7) is 6.90. The molecule has 1 unspecified atom stereocenters. The number of benzene rings is 1. The summed E-state index contributed by atoms with van der Waals surface area (Å²) in [6.07, 6.45) is -2.15. The molecule has 0 aromatic heterocycles. The van der Waals surface area contributed by atoms with Gasteiger partial charge in [0.25, 0.3) is 0 Å². The molecule has 4 heteroatoms. The molecular formula is C15H19FO3. The minimum atomic E-state index is -2.15. The van der Waals surface area contributed by atoms with Crippen molar-refractivity contribution >= 4 is 11.6 Å². The third-order valence-corrected chi connectivity index (χ3v) is 2.65. The minimum Gasteiger partial charge on any atom is -0.493 e. The maximum atomic E-state index is 14.0. The standard InChI is InChI=1S/C15H19FO3/c1-5-19-11-9-7-6-8-10(11)13(17)12(16)14(18)15(2,3)4/h6-9,12H,5H2,1-4H3. The Balaban J connectivity index is 3.04. The number of para-hydroxylation sites is 1. The van der Waals surface area contributed by atoms with Gasteiger partial charge in [0.15, 0.2) is 5.78 Å². The molecule has 0 radical (unpaired) electrons. The Morgan fingerprint density at radius 1 is 1.26 bits per heavy atom. The number of ether oxygens (including phenoxy) is 1. The summed E-state index contributed by atoms with van der Waals surface area (Å²) in [4.78, 5) is 23.9. The lowest BCUT2D eigenvalue weighted by Gasteiger charge is -2.19. The van der Waals surface area contributed by atoms with Crippen molar-refractivity contribution in [3.8, 4) is 5.75 Å². The van der Waals surface area contributed by atoms with Gasteiger partial charge in [-0.2, -0.15) is 0 Å². The van der Waals surface area contributed by atoms with Crippen LogP contribution in [0.25, 0.3) is 0 Å². The molecule has 1 rings (SSSR count). The van der Waals surface area contributed by atoms with Crippen LogP contribution >= 0.6 is 0 Å². The number of hydrogen-bond donors (Lipinski definition) is 0. The highest BCUT2D eigenvalue weighted by Gasteiger charge is 2.36. The van der Waals surface area contributed by atoms with Crippen molar-refractivity contribution in [2.75, 3.05) is 6.61 Å². The van der Waals surface area contributed by atoms with Gasteiger partial charge in [-0.05, 0) is 19.1 Å². The summed E-state index contributed by atoms with van der Waals surface area (Å²) in [5, 5.41) is 0. The fourth-order valence-corrected chi connectivity index (χ4v) is 1.59. The van der Waals surface area contributed by atoms with E-state index in [-0.39, 0.29) is 5.56 Å². The maximum Gasteiger partial charge on any atom is 0.221 e. The molecule has 1 aromatic carbocycles. The highest BCUT2D eigenvalue weighted by Crippen LogP contribution is 2.25. The number of carbonyl (C=O) groups is 2. The predicted octanol–water partition coefficient (Wildman–Crippen LogP) is 3.22. The Morgan fingerprint density at radius 3 is 2.37 bits per heavy atom. The zero-order valence-electron chi connectivity index (χ0n) is 11.7. The SMILES string of the molecule is CCOc1ccccc1C(=O)C(F)C(=O)C(C)(C)C. The Labute approximate surface area is 112 Å². The van der Waals surface area contributed by atoms with Gasteiger partial charge >= 0.3 is 0 Å². The van der Waals surface area contributed by atoms with Crippen molar-refractivity contribution < 1.29 is 18.7 Å². The zero-order valence-corrected chi connectivity index (χ0v) is 11.7. The first-order valence-corrected chi connectivity index (χ1v) is 6.23. The molecule has 0 amide bonds. The van der Waals surface area contributed by atoms with Crippen LogP contribution < -0.4 is 4.74 Å². The predicted molar refractivity (Wildman–Crippen MR) is 71.3 cm³/mol. The molecule has 1 atom stereocenters. The Morgan fingerprint density at radius 2 is 1.84 bits per heavy atom. The third kappa shape index (κ3) is 3.63. The van der Waals surface area contributed by atoms with Crippen LogP contribution in [0.1, 0.15) is 38.1 Å². The Bertz CT molecular complexity index is 475. The number of carbonyl (C=O) groups excluding carboxylic acids is 2. The fraction of sp³-hybridized carbons (Fsp3) is 0.467. The molecule has 0 N–H and O–H groups in total. The first-order valence-electron chi connectivity index (χ1n) is 6.23. The van der Waals surface area contributed by atoms with Gasteiger partial charge in [-0.15, -0.1) is 0 Å². The zero-order chi connectivity index (χ0) is 14.6. The number of hydrogen-bond acceptors (Lipinski definition) is 3. The van der Waals surface area contributed by atoms with Crippen LogP contribution in [0.2, 0.25) is 0 Å². The smallest absolute Gasteiger partial charge is 0.221 e. The highest BCUT2D eigenvalue weighted by atomic mass is 19.1. The molecule has 19 heavy (non-hydrogen) atoms. The molecule has 0 aliphatic carbocycles. The van der Waals surface area contributed by atoms with Gasteiger partial charge in [0, 0.05) is 5.41 Å². The molecule has 0 aliphatic heterocycles. The largest absolute Gasteiger partial charge is 0.493 e. The second-order valence-corrected chi connectivity index (χ2v) is 5.27. The number of alkyl halides is 1. The van der Waals surface area contributed by atoms with E-state index in [1.54, 1.807) is 45.9 Å². The van der Waals surface area contributed by atoms with Crippen LogP contribution in [-0.2, 0) is 4.79 Å². The molecule has 0 bridgehead atoms. The van der Waals surface area contributed by atoms with Crippen LogP contribution in [0.3, 0.4) is 0 Å². The van der Waals surface area contributed by atoms with Crippen LogP contribution in [0.15, 0.2) is 24.3 Å². The average Bonchev–Trinajstić information content (AvgIpc) is 2.36. The molecule has 1 aromatic rings. The Kier molecular flexibility index (Phi) is 4.81. The highest BCUT2D eigenvalue weighted by molar-refractivity contribution is 6.15. The van der Waals surface area contributed by atoms with Crippen LogP contribution in [-0.4, -0.2) is 24.3 Å². The second kappa shape index (κ2) is 5.95. The topological polar surface area (TPSA) is 43.4 Å². The van der Waals surface area contributed by atoms with E-state index in [4.69, 9.17) is 4.74 Å². The van der Waals surface area contributed by atoms with Crippen molar-refractivity contribution in [3.63, 3.8) is 0 Å². The number of ketones is 2. The number of rotatable bonds is 5. The summed E-state index contributed by atoms with van der Waals surface area (Å²) < 4.78 is 19.3. The van der Waals surface area contributed by atoms with E-state index in [1.807, 2.05) is 0 Å². The van der Waals surface area contributed by atoms with Gasteiger partial charge in [-0.1, -0.05) is 32.9 Å². The minimum absolute atomic E-state index is 0.106. The molecular weight excluding hydrogens is 247 g/mol. The first-order chi connectivity index (χ1) is 8.79. The van der Waals surface area contributed by atoms with E-state index in [0.29, 0.717) is 12.4 Å². The number of halogens is 1. The van der Waals surface area contributed by atoms with Gasteiger partial charge in [0.05, 0.1) is 12.2 Å². The number of Topliss-reactive ketones (excluding diaryl/α,β-unsaturated/α-hetero) is 2. The van der Waals surface area contributed by atoms with Crippen molar-refractivity contribution in [3.05, 3.63) is 29.8 Å². The van der Waals surface area contributed by atoms with E-state index >= 15 is 0 Å². The lowest BCUT2D eigenvalue weighted by atomic mass is 9.86. The summed E-state index contributed by atoms with van der Waals surface area (Å²) >= 11 is 0. The third-order valence-electron chi connectivity index (χ3n) is 2.65. The van der Waals surface area contributed by atoms with Crippen molar-refractivity contribution in [2.24, 2.45) is 5.41 Å². The van der Waals surface area contributed by atoms with E-state index in [9.17, 15) is 14.0 Å². The van der Waals surface area contributed by atoms with Gasteiger partial charge < -0.3 is 4.74 Å². The molecule has 0 saturated carbocycles. The van der Waals surface area contributed by atoms with E-state index < -0.39 is 23.2 Å². The quantitative estimate of drug-likeness (QED) is 0.607. The summed E-state index contributed by atoms with van der Waals surface area (Å²) in [5.41, 5.74) is -0.787. The van der Waals surface area contributed by atoms with Crippen LogP contribution in [0, 0.1) is 5.41 Å². The fourth-order valence-electron chi connectivity index (χ4n) is 1.59. The maximum absolute atomic E-state index is 14.0. The molecule has 104 valence electrons. The average molecular weight is 266 g/mol. The summed E-state index contributed by atoms with van der Waals surface area (Å²) in [7, 11) is 0. The van der Waals surface area contributed by atoms with Crippen LogP contribution in [0.4, 0.5) is 4.39 Å². The lowest BCUT2D eigenvalue weighted by molar-refractivity contribution is -0.129. The van der Waals surface area contributed by atoms with Crippen molar-refractivity contribution in [1.29, 1.82) is 0 Å². The first kappa shape index (κ1) is 15.3. The Hall–Kier alpha value is -1.71. The summed E-state index contributed by atoms with van der Waals surface area (Å²) in [6, 6.07) is 6.37. The van der Waals surface area contributed by atoms with Crippen molar-refractivity contribution in [2.45, 2.75) is 33.9 Å².